The molecular formula is C20H21N3O3. The molecule has 1 N–H and O–H groups in total. The van der Waals surface area contributed by atoms with E-state index in [1.54, 1.807) is 69.8 Å². The first-order valence-corrected chi connectivity index (χ1v) is 8.38. The predicted octanol–water partition coefficient (Wildman–Crippen LogP) is 2.99. The number of rotatable bonds is 4. The van der Waals surface area contributed by atoms with E-state index in [0.717, 1.165) is 11.1 Å². The zero-order chi connectivity index (χ0) is 18.9. The lowest BCUT2D eigenvalue weighted by Gasteiger charge is -2.28. The molecule has 1 aliphatic heterocycles. The molecule has 1 aliphatic rings. The Bertz CT molecular complexity index is 855. The third kappa shape index (κ3) is 3.22. The van der Waals surface area contributed by atoms with Crippen molar-refractivity contribution in [3.63, 3.8) is 0 Å². The van der Waals surface area contributed by atoms with Crippen LogP contribution in [-0.2, 0) is 16.1 Å². The van der Waals surface area contributed by atoms with Gasteiger partial charge in [-0.15, -0.1) is 0 Å². The maximum atomic E-state index is 13.0. The summed E-state index contributed by atoms with van der Waals surface area (Å²) < 4.78 is 0. The van der Waals surface area contributed by atoms with E-state index in [-0.39, 0.29) is 17.9 Å². The average molecular weight is 351 g/mol. The molecule has 2 aromatic heterocycles. The topological polar surface area (TPSA) is 83.4 Å². The Hall–Kier alpha value is -3.02. The quantitative estimate of drug-likeness (QED) is 0.915. The molecule has 6 heteroatoms. The number of pyridine rings is 2. The van der Waals surface area contributed by atoms with Gasteiger partial charge in [-0.3, -0.25) is 19.6 Å². The van der Waals surface area contributed by atoms with Crippen LogP contribution >= 0.6 is 0 Å². The predicted molar refractivity (Wildman–Crippen MR) is 95.9 cm³/mol. The van der Waals surface area contributed by atoms with Crippen molar-refractivity contribution in [2.45, 2.75) is 33.4 Å². The molecule has 0 bridgehead atoms. The summed E-state index contributed by atoms with van der Waals surface area (Å²) >= 11 is 0. The Kier molecular flexibility index (Phi) is 4.59. The highest BCUT2D eigenvalue weighted by atomic mass is 16.3. The van der Waals surface area contributed by atoms with E-state index in [1.165, 1.54) is 4.90 Å². The van der Waals surface area contributed by atoms with E-state index in [2.05, 4.69) is 9.97 Å². The number of hydrogen-bond acceptors (Lipinski definition) is 5. The van der Waals surface area contributed by atoms with E-state index in [1.807, 2.05) is 0 Å². The van der Waals surface area contributed by atoms with E-state index in [4.69, 9.17) is 0 Å². The van der Waals surface area contributed by atoms with Gasteiger partial charge in [0.1, 0.15) is 0 Å². The molecule has 1 amide bonds. The summed E-state index contributed by atoms with van der Waals surface area (Å²) in [6.45, 7) is 5.58. The maximum Gasteiger partial charge on any atom is 0.290 e. The van der Waals surface area contributed by atoms with Crippen molar-refractivity contribution in [1.82, 2.24) is 14.9 Å². The molecule has 26 heavy (non-hydrogen) atoms. The van der Waals surface area contributed by atoms with Crippen LogP contribution in [-0.4, -0.2) is 31.7 Å². The lowest BCUT2D eigenvalue weighted by atomic mass is 9.82. The molecule has 2 aromatic rings. The SMILES string of the molecule is CC(C)(C)C(=O)C1=C(O)C(=O)N(Cc2ccncc2)C1c1ccncc1. The second kappa shape index (κ2) is 6.71. The van der Waals surface area contributed by atoms with Gasteiger partial charge in [-0.2, -0.15) is 0 Å². The fraction of sp³-hybridized carbons (Fsp3) is 0.300. The summed E-state index contributed by atoms with van der Waals surface area (Å²) in [5.74, 6) is -1.26. The molecule has 0 fully saturated rings. The van der Waals surface area contributed by atoms with Gasteiger partial charge in [0.2, 0.25) is 0 Å². The van der Waals surface area contributed by atoms with Crippen molar-refractivity contribution in [1.29, 1.82) is 0 Å². The highest BCUT2D eigenvalue weighted by Crippen LogP contribution is 2.41. The highest BCUT2D eigenvalue weighted by molar-refractivity contribution is 6.10. The van der Waals surface area contributed by atoms with Gasteiger partial charge < -0.3 is 10.0 Å². The Labute approximate surface area is 152 Å². The van der Waals surface area contributed by atoms with E-state index in [0.29, 0.717) is 0 Å². The smallest absolute Gasteiger partial charge is 0.290 e. The Morgan fingerprint density at radius 3 is 2.15 bits per heavy atom. The zero-order valence-electron chi connectivity index (χ0n) is 15.0. The Morgan fingerprint density at radius 2 is 1.62 bits per heavy atom. The van der Waals surface area contributed by atoms with Gasteiger partial charge in [0, 0.05) is 36.7 Å². The first kappa shape index (κ1) is 17.8. The number of aliphatic hydroxyl groups excluding tert-OH is 1. The number of carbonyl (C=O) groups excluding carboxylic acids is 2. The molecule has 0 aromatic carbocycles. The van der Waals surface area contributed by atoms with Crippen LogP contribution in [0.2, 0.25) is 0 Å². The van der Waals surface area contributed by atoms with Gasteiger partial charge in [-0.05, 0) is 35.4 Å². The summed E-state index contributed by atoms with van der Waals surface area (Å²) in [7, 11) is 0. The Morgan fingerprint density at radius 1 is 1.08 bits per heavy atom. The van der Waals surface area contributed by atoms with Crippen LogP contribution in [0.1, 0.15) is 37.9 Å². The summed E-state index contributed by atoms with van der Waals surface area (Å²) in [6, 6.07) is 6.47. The Balaban J connectivity index is 2.08. The summed E-state index contributed by atoms with van der Waals surface area (Å²) in [5, 5.41) is 10.5. The molecule has 0 aliphatic carbocycles. The molecule has 0 radical (unpaired) electrons. The third-order valence-electron chi connectivity index (χ3n) is 4.35. The second-order valence-electron chi connectivity index (χ2n) is 7.31. The molecule has 0 saturated heterocycles. The highest BCUT2D eigenvalue weighted by Gasteiger charge is 2.45. The number of amides is 1. The minimum absolute atomic E-state index is 0.141. The number of aliphatic hydroxyl groups is 1. The van der Waals surface area contributed by atoms with Gasteiger partial charge in [0.15, 0.2) is 11.5 Å². The van der Waals surface area contributed by atoms with Gasteiger partial charge in [-0.25, -0.2) is 0 Å². The van der Waals surface area contributed by atoms with Crippen molar-refractivity contribution in [2.75, 3.05) is 0 Å². The largest absolute Gasteiger partial charge is 0.503 e. The van der Waals surface area contributed by atoms with Crippen molar-refractivity contribution in [3.05, 3.63) is 71.5 Å². The minimum Gasteiger partial charge on any atom is -0.503 e. The molecular weight excluding hydrogens is 330 g/mol. The third-order valence-corrected chi connectivity index (χ3v) is 4.35. The normalized spacial score (nSPS) is 17.7. The van der Waals surface area contributed by atoms with Crippen LogP contribution in [0, 0.1) is 5.41 Å². The number of aromatic nitrogens is 2. The first-order chi connectivity index (χ1) is 12.3. The molecule has 134 valence electrons. The number of ketones is 1. The van der Waals surface area contributed by atoms with Crippen LogP contribution < -0.4 is 0 Å². The first-order valence-electron chi connectivity index (χ1n) is 8.38. The van der Waals surface area contributed by atoms with E-state index >= 15 is 0 Å². The molecule has 0 saturated carbocycles. The minimum atomic E-state index is -0.721. The summed E-state index contributed by atoms with van der Waals surface area (Å²) in [4.78, 5) is 35.3. The van der Waals surface area contributed by atoms with Crippen LogP contribution in [0.5, 0.6) is 0 Å². The summed E-state index contributed by atoms with van der Waals surface area (Å²) in [6.07, 6.45) is 6.51. The van der Waals surface area contributed by atoms with Gasteiger partial charge in [0.25, 0.3) is 5.91 Å². The van der Waals surface area contributed by atoms with Gasteiger partial charge in [-0.1, -0.05) is 20.8 Å². The molecule has 1 atom stereocenters. The van der Waals surface area contributed by atoms with Crippen LogP contribution in [0.3, 0.4) is 0 Å². The van der Waals surface area contributed by atoms with Crippen LogP contribution in [0.25, 0.3) is 0 Å². The van der Waals surface area contributed by atoms with E-state index in [9.17, 15) is 14.7 Å². The second-order valence-corrected chi connectivity index (χ2v) is 7.31. The van der Waals surface area contributed by atoms with Crippen LogP contribution in [0.4, 0.5) is 0 Å². The number of Topliss-reactive ketones (excluding diaryl/α,β-unsaturated/α-hetero) is 1. The fourth-order valence-electron chi connectivity index (χ4n) is 3.03. The zero-order valence-corrected chi connectivity index (χ0v) is 15.0. The molecule has 0 spiro atoms. The monoisotopic (exact) mass is 351 g/mol. The van der Waals surface area contributed by atoms with Gasteiger partial charge in [0.05, 0.1) is 11.6 Å². The maximum absolute atomic E-state index is 13.0. The van der Waals surface area contributed by atoms with Crippen molar-refractivity contribution in [3.8, 4) is 0 Å². The fourth-order valence-corrected chi connectivity index (χ4v) is 3.03. The van der Waals surface area contributed by atoms with Crippen molar-refractivity contribution < 1.29 is 14.7 Å². The molecule has 6 nitrogen and oxygen atoms in total. The lowest BCUT2D eigenvalue weighted by molar-refractivity contribution is -0.130. The molecule has 1 unspecified atom stereocenters. The van der Waals surface area contributed by atoms with E-state index < -0.39 is 23.1 Å². The van der Waals surface area contributed by atoms with Crippen LogP contribution in [0.15, 0.2) is 60.4 Å². The van der Waals surface area contributed by atoms with Crippen molar-refractivity contribution in [2.24, 2.45) is 5.41 Å². The standard InChI is InChI=1S/C20H21N3O3/c1-20(2,3)18(25)15-16(14-6-10-22-11-7-14)23(19(26)17(15)24)12-13-4-8-21-9-5-13/h4-11,16,24H,12H2,1-3H3. The molecule has 3 rings (SSSR count). The number of carbonyl (C=O) groups is 2. The van der Waals surface area contributed by atoms with Gasteiger partial charge >= 0.3 is 0 Å². The lowest BCUT2D eigenvalue weighted by Crippen LogP contribution is -2.32. The van der Waals surface area contributed by atoms with Crippen molar-refractivity contribution >= 4 is 11.7 Å². The molecule has 3 heterocycles. The number of hydrogen-bond donors (Lipinski definition) is 1. The number of nitrogens with zero attached hydrogens (tertiary/aromatic N) is 3. The summed E-state index contributed by atoms with van der Waals surface area (Å²) in [5.41, 5.74) is 1.02. The average Bonchev–Trinajstić information content (AvgIpc) is 2.87.